The molecule has 0 heterocycles. The van der Waals surface area contributed by atoms with E-state index < -0.39 is 23.6 Å². The second-order valence-corrected chi connectivity index (χ2v) is 14.5. The van der Waals surface area contributed by atoms with Crippen LogP contribution in [0.4, 0.5) is 0 Å². The lowest BCUT2D eigenvalue weighted by Crippen LogP contribution is -2.56. The van der Waals surface area contributed by atoms with Crippen LogP contribution in [-0.4, -0.2) is 46.4 Å². The Bertz CT molecular complexity index is 1190. The lowest BCUT2D eigenvalue weighted by Gasteiger charge is -2.61. The number of allylic oxidation sites excluding steroid dienone is 3. The minimum atomic E-state index is -0.985. The maximum Gasteiger partial charge on any atom is 0.330 e. The van der Waals surface area contributed by atoms with Crippen LogP contribution in [0, 0.1) is 39.4 Å². The highest BCUT2D eigenvalue weighted by atomic mass is 16.5. The van der Waals surface area contributed by atoms with Crippen LogP contribution in [0.3, 0.4) is 0 Å². The molecule has 0 amide bonds. The van der Waals surface area contributed by atoms with Gasteiger partial charge in [-0.15, -0.1) is 0 Å². The van der Waals surface area contributed by atoms with Gasteiger partial charge in [-0.2, -0.15) is 0 Å². The minimum Gasteiger partial charge on any atom is -0.478 e. The highest BCUT2D eigenvalue weighted by Gasteiger charge is 2.67. The molecule has 0 aliphatic heterocycles. The largest absolute Gasteiger partial charge is 0.478 e. The van der Waals surface area contributed by atoms with Gasteiger partial charge in [0.2, 0.25) is 0 Å². The monoisotopic (exact) mass is 570 g/mol. The van der Waals surface area contributed by atoms with Crippen LogP contribution in [0.2, 0.25) is 0 Å². The van der Waals surface area contributed by atoms with Crippen LogP contribution in [0.1, 0.15) is 101 Å². The fraction of sp³-hybridized carbons (Fsp3) is 0.735. The Labute approximate surface area is 245 Å². The molecule has 0 aromatic carbocycles. The summed E-state index contributed by atoms with van der Waals surface area (Å²) in [6, 6.07) is 0. The summed E-state index contributed by atoms with van der Waals surface area (Å²) in [4.78, 5) is 35.4. The molecule has 0 spiro atoms. The molecule has 2 N–H and O–H groups in total. The molecule has 228 valence electrons. The van der Waals surface area contributed by atoms with Gasteiger partial charge >= 0.3 is 17.9 Å². The van der Waals surface area contributed by atoms with E-state index in [2.05, 4.69) is 53.7 Å². The number of ether oxygens (including phenoxy) is 2. The zero-order valence-electron chi connectivity index (χ0n) is 26.4. The van der Waals surface area contributed by atoms with Gasteiger partial charge in [0.1, 0.15) is 12.2 Å². The molecule has 7 heteroatoms. The molecule has 7 nitrogen and oxygen atoms in total. The number of carbonyl (C=O) groups is 3. The summed E-state index contributed by atoms with van der Waals surface area (Å²) in [5, 5.41) is 21.2. The van der Waals surface area contributed by atoms with Crippen molar-refractivity contribution in [1.29, 1.82) is 0 Å². The standard InChI is InChI=1S/C34H50O7/c1-19(30(38)39)10-12-26(40-21(3)35)20(2)25-18-28(37)34(9)24-11-13-27-31(5,6)29(41-22(4)36)15-16-32(27,7)23(24)14-17-33(25,34)8/h10-11,14,20,25-29,37H,12-13,15-18H2,1-9H3,(H,38,39)/b19-10+/t20?,25?,26?,27?,28-,29+,32?,33?,34?/m0/s1. The van der Waals surface area contributed by atoms with Crippen molar-refractivity contribution in [3.63, 3.8) is 0 Å². The van der Waals surface area contributed by atoms with Gasteiger partial charge in [0.05, 0.1) is 6.10 Å². The summed E-state index contributed by atoms with van der Waals surface area (Å²) in [6.07, 6.45) is 9.56. The van der Waals surface area contributed by atoms with E-state index in [1.54, 1.807) is 13.0 Å². The highest BCUT2D eigenvalue weighted by molar-refractivity contribution is 5.85. The molecule has 0 bridgehead atoms. The zero-order chi connectivity index (χ0) is 30.7. The Hall–Kier alpha value is -2.41. The van der Waals surface area contributed by atoms with E-state index in [4.69, 9.17) is 9.47 Å². The first kappa shape index (κ1) is 31.5. The average Bonchev–Trinajstić information content (AvgIpc) is 3.08. The average molecular weight is 571 g/mol. The molecule has 9 atom stereocenters. The second kappa shape index (κ2) is 10.7. The van der Waals surface area contributed by atoms with E-state index in [1.165, 1.54) is 25.0 Å². The third-order valence-corrected chi connectivity index (χ3v) is 12.2. The Balaban J connectivity index is 1.70. The van der Waals surface area contributed by atoms with Crippen molar-refractivity contribution in [2.75, 3.05) is 0 Å². The molecule has 4 aliphatic rings. The van der Waals surface area contributed by atoms with Gasteiger partial charge in [0, 0.05) is 36.7 Å². The van der Waals surface area contributed by atoms with Crippen molar-refractivity contribution >= 4 is 17.9 Å². The lowest BCUT2D eigenvalue weighted by molar-refractivity contribution is -0.165. The third kappa shape index (κ3) is 4.90. The van der Waals surface area contributed by atoms with Gasteiger partial charge in [-0.25, -0.2) is 4.79 Å². The molecule has 0 saturated heterocycles. The first-order valence-corrected chi connectivity index (χ1v) is 15.3. The van der Waals surface area contributed by atoms with Gasteiger partial charge < -0.3 is 19.7 Å². The predicted octanol–water partition coefficient (Wildman–Crippen LogP) is 6.40. The number of esters is 2. The number of rotatable bonds is 7. The molecule has 0 aromatic rings. The van der Waals surface area contributed by atoms with Crippen molar-refractivity contribution in [3.05, 3.63) is 34.9 Å². The molecule has 0 radical (unpaired) electrons. The van der Waals surface area contributed by atoms with Crippen molar-refractivity contribution in [2.45, 2.75) is 119 Å². The van der Waals surface area contributed by atoms with Gasteiger partial charge in [-0.05, 0) is 78.8 Å². The van der Waals surface area contributed by atoms with Crippen molar-refractivity contribution in [3.8, 4) is 0 Å². The summed E-state index contributed by atoms with van der Waals surface area (Å²) in [5.74, 6) is -1.32. The summed E-state index contributed by atoms with van der Waals surface area (Å²) in [6.45, 7) is 17.8. The number of aliphatic hydroxyl groups excluding tert-OH is 1. The number of hydrogen-bond donors (Lipinski definition) is 2. The Morgan fingerprint density at radius 2 is 1.71 bits per heavy atom. The second-order valence-electron chi connectivity index (χ2n) is 14.5. The number of aliphatic carboxylic acids is 1. The summed E-state index contributed by atoms with van der Waals surface area (Å²) < 4.78 is 11.6. The summed E-state index contributed by atoms with van der Waals surface area (Å²) >= 11 is 0. The summed E-state index contributed by atoms with van der Waals surface area (Å²) in [5.41, 5.74) is 1.79. The maximum atomic E-state index is 12.1. The van der Waals surface area contributed by atoms with E-state index in [1.807, 2.05) is 0 Å². The quantitative estimate of drug-likeness (QED) is 0.269. The molecule has 41 heavy (non-hydrogen) atoms. The first-order chi connectivity index (χ1) is 18.9. The lowest BCUT2D eigenvalue weighted by atomic mass is 9.44. The third-order valence-electron chi connectivity index (χ3n) is 12.2. The topological polar surface area (TPSA) is 110 Å². The SMILES string of the molecule is CC(=O)OC(C/C=C(\C)C(=O)O)C(C)C1C[C@H](O)C2(C)C3=CCC4C(C)(CC[C@@H](OC(C)=O)C4(C)C)C3=CCC12C. The predicted molar refractivity (Wildman–Crippen MR) is 157 cm³/mol. The van der Waals surface area contributed by atoms with E-state index in [0.717, 1.165) is 25.7 Å². The molecular weight excluding hydrogens is 520 g/mol. The van der Waals surface area contributed by atoms with E-state index in [-0.39, 0.29) is 51.7 Å². The van der Waals surface area contributed by atoms with E-state index in [9.17, 15) is 24.6 Å². The number of carbonyl (C=O) groups excluding carboxylic acids is 2. The number of carboxylic acids is 1. The molecule has 7 unspecified atom stereocenters. The fourth-order valence-corrected chi connectivity index (χ4v) is 9.49. The molecular formula is C34H50O7. The number of carboxylic acid groups (broad SMARTS) is 1. The zero-order valence-corrected chi connectivity index (χ0v) is 26.4. The van der Waals surface area contributed by atoms with Gasteiger partial charge in [0.25, 0.3) is 0 Å². The van der Waals surface area contributed by atoms with Crippen molar-refractivity contribution < 1.29 is 34.1 Å². The Morgan fingerprint density at radius 3 is 2.29 bits per heavy atom. The summed E-state index contributed by atoms with van der Waals surface area (Å²) in [7, 11) is 0. The number of aliphatic hydroxyl groups is 1. The molecule has 2 fully saturated rings. The Kier molecular flexibility index (Phi) is 8.22. The molecule has 4 rings (SSSR count). The van der Waals surface area contributed by atoms with E-state index >= 15 is 0 Å². The number of hydrogen-bond acceptors (Lipinski definition) is 6. The van der Waals surface area contributed by atoms with Crippen LogP contribution in [0.15, 0.2) is 34.9 Å². The first-order valence-electron chi connectivity index (χ1n) is 15.3. The molecule has 4 aliphatic carbocycles. The number of fused-ring (bicyclic) bond motifs is 5. The smallest absolute Gasteiger partial charge is 0.330 e. The molecule has 2 saturated carbocycles. The Morgan fingerprint density at radius 1 is 1.05 bits per heavy atom. The van der Waals surface area contributed by atoms with Crippen LogP contribution in [0.5, 0.6) is 0 Å². The minimum absolute atomic E-state index is 0.0609. The molecule has 0 aromatic heterocycles. The van der Waals surface area contributed by atoms with Gasteiger partial charge in [-0.3, -0.25) is 9.59 Å². The van der Waals surface area contributed by atoms with Crippen LogP contribution in [-0.2, 0) is 23.9 Å². The van der Waals surface area contributed by atoms with Gasteiger partial charge in [-0.1, -0.05) is 59.8 Å². The van der Waals surface area contributed by atoms with Crippen LogP contribution < -0.4 is 0 Å². The normalized spacial score (nSPS) is 39.2. The fourth-order valence-electron chi connectivity index (χ4n) is 9.49. The van der Waals surface area contributed by atoms with E-state index in [0.29, 0.717) is 18.8 Å². The van der Waals surface area contributed by atoms with Gasteiger partial charge in [0.15, 0.2) is 0 Å². The highest BCUT2D eigenvalue weighted by Crippen LogP contribution is 2.72. The van der Waals surface area contributed by atoms with Crippen LogP contribution in [0.25, 0.3) is 0 Å². The maximum absolute atomic E-state index is 12.1. The van der Waals surface area contributed by atoms with Crippen LogP contribution >= 0.6 is 0 Å². The van der Waals surface area contributed by atoms with Crippen molar-refractivity contribution in [2.24, 2.45) is 39.4 Å². The van der Waals surface area contributed by atoms with Crippen molar-refractivity contribution in [1.82, 2.24) is 0 Å².